The third-order valence-corrected chi connectivity index (χ3v) is 7.20. The Labute approximate surface area is 213 Å². The number of amides is 1. The first-order valence-electron chi connectivity index (χ1n) is 11.6. The topological polar surface area (TPSA) is 108 Å². The number of rotatable bonds is 6. The minimum absolute atomic E-state index is 0.0405. The van der Waals surface area contributed by atoms with E-state index >= 15 is 0 Å². The number of allylic oxidation sites excluding steroid dienone is 3. The largest absolute Gasteiger partial charge is 0.489 e. The zero-order valence-corrected chi connectivity index (χ0v) is 20.3. The number of nitriles is 1. The summed E-state index contributed by atoms with van der Waals surface area (Å²) in [5.41, 5.74) is 12.5. The molecule has 7 nitrogen and oxygen atoms in total. The van der Waals surface area contributed by atoms with E-state index in [0.29, 0.717) is 47.8 Å². The molecule has 1 aliphatic heterocycles. The Morgan fingerprint density at radius 3 is 2.58 bits per heavy atom. The third kappa shape index (κ3) is 4.49. The first kappa shape index (κ1) is 23.4. The number of nitrogens with two attached hydrogens (primary N) is 1. The summed E-state index contributed by atoms with van der Waals surface area (Å²) in [6.45, 7) is 0.437. The fourth-order valence-electron chi connectivity index (χ4n) is 4.61. The summed E-state index contributed by atoms with van der Waals surface area (Å²) in [6, 6.07) is 23.0. The SMILES string of the molecule is N#CC1=C(N)N(NC(=O)c2cccs2)C2=C(C(=O)CCC2)C1c1ccc(OCc2ccccc2)cc1. The van der Waals surface area contributed by atoms with Gasteiger partial charge in [-0.15, -0.1) is 11.3 Å². The molecular weight excluding hydrogens is 472 g/mol. The third-order valence-electron chi connectivity index (χ3n) is 6.33. The molecule has 0 saturated heterocycles. The maximum absolute atomic E-state index is 13.2. The van der Waals surface area contributed by atoms with Crippen molar-refractivity contribution >= 4 is 23.0 Å². The molecule has 36 heavy (non-hydrogen) atoms. The molecule has 2 heterocycles. The van der Waals surface area contributed by atoms with Crippen molar-refractivity contribution in [2.75, 3.05) is 0 Å². The monoisotopic (exact) mass is 496 g/mol. The molecule has 0 radical (unpaired) electrons. The highest BCUT2D eigenvalue weighted by molar-refractivity contribution is 7.12. The smallest absolute Gasteiger partial charge is 0.280 e. The zero-order valence-electron chi connectivity index (χ0n) is 19.4. The van der Waals surface area contributed by atoms with E-state index in [-0.39, 0.29) is 23.1 Å². The Morgan fingerprint density at radius 1 is 1.11 bits per heavy atom. The molecule has 2 aliphatic rings. The van der Waals surface area contributed by atoms with Crippen molar-refractivity contribution in [1.82, 2.24) is 10.4 Å². The number of Topliss-reactive ketones (excluding diaryl/α,β-unsaturated/α-hetero) is 1. The maximum atomic E-state index is 13.2. The number of ether oxygens (including phenoxy) is 1. The average molecular weight is 497 g/mol. The number of benzene rings is 2. The molecule has 0 saturated carbocycles. The molecular formula is C28H24N4O3S. The van der Waals surface area contributed by atoms with Crippen LogP contribution in [0.2, 0.25) is 0 Å². The van der Waals surface area contributed by atoms with Gasteiger partial charge in [-0.3, -0.25) is 15.0 Å². The summed E-state index contributed by atoms with van der Waals surface area (Å²) in [5.74, 6) is -0.168. The lowest BCUT2D eigenvalue weighted by molar-refractivity contribution is -0.116. The number of carbonyl (C=O) groups is 2. The lowest BCUT2D eigenvalue weighted by Crippen LogP contribution is -2.48. The maximum Gasteiger partial charge on any atom is 0.280 e. The van der Waals surface area contributed by atoms with Crippen LogP contribution in [0.4, 0.5) is 0 Å². The van der Waals surface area contributed by atoms with Crippen molar-refractivity contribution in [2.45, 2.75) is 31.8 Å². The number of hydrazine groups is 1. The van der Waals surface area contributed by atoms with Gasteiger partial charge < -0.3 is 10.5 Å². The molecule has 5 rings (SSSR count). The zero-order chi connectivity index (χ0) is 25.1. The summed E-state index contributed by atoms with van der Waals surface area (Å²) in [5, 5.41) is 13.3. The second-order valence-electron chi connectivity index (χ2n) is 8.58. The first-order valence-corrected chi connectivity index (χ1v) is 12.5. The molecule has 3 N–H and O–H groups in total. The fraction of sp³-hybridized carbons (Fsp3) is 0.179. The minimum Gasteiger partial charge on any atom is -0.489 e. The predicted molar refractivity (Wildman–Crippen MR) is 136 cm³/mol. The second-order valence-corrected chi connectivity index (χ2v) is 9.53. The molecule has 180 valence electrons. The molecule has 1 aromatic heterocycles. The van der Waals surface area contributed by atoms with Gasteiger partial charge in [-0.05, 0) is 47.5 Å². The molecule has 0 spiro atoms. The van der Waals surface area contributed by atoms with Crippen LogP contribution in [0.5, 0.6) is 5.75 Å². The van der Waals surface area contributed by atoms with Gasteiger partial charge in [-0.2, -0.15) is 5.26 Å². The normalized spacial score (nSPS) is 17.5. The lowest BCUT2D eigenvalue weighted by Gasteiger charge is -2.39. The van der Waals surface area contributed by atoms with Crippen LogP contribution in [0.15, 0.2) is 94.8 Å². The minimum atomic E-state index is -0.601. The molecule has 0 bridgehead atoms. The quantitative estimate of drug-likeness (QED) is 0.509. The highest BCUT2D eigenvalue weighted by Crippen LogP contribution is 2.44. The van der Waals surface area contributed by atoms with Gasteiger partial charge in [0.05, 0.1) is 22.4 Å². The molecule has 8 heteroatoms. The van der Waals surface area contributed by atoms with Crippen molar-refractivity contribution in [1.29, 1.82) is 5.26 Å². The van der Waals surface area contributed by atoms with E-state index in [1.54, 1.807) is 12.1 Å². The molecule has 0 fully saturated rings. The second kappa shape index (κ2) is 10.1. The molecule has 2 aromatic carbocycles. The number of carbonyl (C=O) groups excluding carboxylic acids is 2. The van der Waals surface area contributed by atoms with E-state index in [0.717, 1.165) is 11.1 Å². The van der Waals surface area contributed by atoms with E-state index in [1.807, 2.05) is 60.0 Å². The molecule has 1 atom stereocenters. The summed E-state index contributed by atoms with van der Waals surface area (Å²) < 4.78 is 5.90. The van der Waals surface area contributed by atoms with Crippen LogP contribution in [-0.2, 0) is 11.4 Å². The van der Waals surface area contributed by atoms with Crippen molar-refractivity contribution < 1.29 is 14.3 Å². The summed E-state index contributed by atoms with van der Waals surface area (Å²) in [7, 11) is 0. The number of ketones is 1. The standard InChI is InChI=1S/C28H24N4O3S/c29-16-21-25(19-11-13-20(14-12-19)35-17-18-6-2-1-3-7-18)26-22(8-4-9-23(26)33)32(27(21)30)31-28(34)24-10-5-15-36-24/h1-3,5-7,10-15,25H,4,8-9,17,30H2,(H,31,34). The summed E-state index contributed by atoms with van der Waals surface area (Å²) in [6.07, 6.45) is 1.61. The Morgan fingerprint density at radius 2 is 1.89 bits per heavy atom. The first-order chi connectivity index (χ1) is 17.6. The number of nitrogens with one attached hydrogen (secondary N) is 1. The van der Waals surface area contributed by atoms with Crippen molar-refractivity contribution in [3.05, 3.63) is 111 Å². The average Bonchev–Trinajstić information content (AvgIpc) is 3.45. The number of hydrogen-bond donors (Lipinski definition) is 2. The van der Waals surface area contributed by atoms with Gasteiger partial charge in [-0.25, -0.2) is 5.01 Å². The van der Waals surface area contributed by atoms with Gasteiger partial charge in [0.2, 0.25) is 0 Å². The highest BCUT2D eigenvalue weighted by Gasteiger charge is 2.40. The molecule has 1 aliphatic carbocycles. The van der Waals surface area contributed by atoms with Gasteiger partial charge >= 0.3 is 0 Å². The van der Waals surface area contributed by atoms with Crippen LogP contribution >= 0.6 is 11.3 Å². The van der Waals surface area contributed by atoms with Crippen LogP contribution in [0.25, 0.3) is 0 Å². The van der Waals surface area contributed by atoms with Crippen molar-refractivity contribution in [2.24, 2.45) is 5.73 Å². The van der Waals surface area contributed by atoms with Gasteiger partial charge in [0.25, 0.3) is 5.91 Å². The van der Waals surface area contributed by atoms with Crippen molar-refractivity contribution in [3.8, 4) is 11.8 Å². The van der Waals surface area contributed by atoms with Gasteiger partial charge in [-0.1, -0.05) is 48.5 Å². The molecule has 1 amide bonds. The van der Waals surface area contributed by atoms with Gasteiger partial charge in [0.15, 0.2) is 5.78 Å². The Hall–Kier alpha value is -4.35. The predicted octanol–water partition coefficient (Wildman–Crippen LogP) is 4.77. The molecule has 1 unspecified atom stereocenters. The van der Waals surface area contributed by atoms with Crippen LogP contribution in [0.3, 0.4) is 0 Å². The summed E-state index contributed by atoms with van der Waals surface area (Å²) in [4.78, 5) is 26.5. The van der Waals surface area contributed by atoms with E-state index < -0.39 is 5.92 Å². The van der Waals surface area contributed by atoms with Crippen LogP contribution in [-0.4, -0.2) is 16.7 Å². The van der Waals surface area contributed by atoms with E-state index in [2.05, 4.69) is 11.5 Å². The summed E-state index contributed by atoms with van der Waals surface area (Å²) >= 11 is 1.30. The van der Waals surface area contributed by atoms with Gasteiger partial charge in [0, 0.05) is 17.7 Å². The number of hydrogen-bond acceptors (Lipinski definition) is 7. The van der Waals surface area contributed by atoms with Gasteiger partial charge in [0.1, 0.15) is 18.2 Å². The van der Waals surface area contributed by atoms with E-state index in [4.69, 9.17) is 10.5 Å². The van der Waals surface area contributed by atoms with E-state index in [9.17, 15) is 14.9 Å². The lowest BCUT2D eigenvalue weighted by atomic mass is 9.76. The van der Waals surface area contributed by atoms with Crippen LogP contribution in [0.1, 0.15) is 46.0 Å². The Kier molecular flexibility index (Phi) is 6.56. The van der Waals surface area contributed by atoms with Crippen molar-refractivity contribution in [3.63, 3.8) is 0 Å². The molecule has 3 aromatic rings. The van der Waals surface area contributed by atoms with Crippen LogP contribution < -0.4 is 15.9 Å². The number of nitrogens with zero attached hydrogens (tertiary/aromatic N) is 2. The highest BCUT2D eigenvalue weighted by atomic mass is 32.1. The number of thiophene rings is 1. The Balaban J connectivity index is 1.46. The van der Waals surface area contributed by atoms with Crippen LogP contribution in [0, 0.1) is 11.3 Å². The Bertz CT molecular complexity index is 1390. The fourth-order valence-corrected chi connectivity index (χ4v) is 5.22. The van der Waals surface area contributed by atoms with E-state index in [1.165, 1.54) is 16.3 Å².